The van der Waals surface area contributed by atoms with Crippen molar-refractivity contribution in [2.75, 3.05) is 41.0 Å². The third kappa shape index (κ3) is 7.14. The van der Waals surface area contributed by atoms with E-state index in [1.54, 1.807) is 4.90 Å². The summed E-state index contributed by atoms with van der Waals surface area (Å²) >= 11 is 0. The minimum absolute atomic E-state index is 0.0596. The van der Waals surface area contributed by atoms with Gasteiger partial charge in [-0.3, -0.25) is 0 Å². The molecular weight excluding hydrogens is 577 g/mol. The van der Waals surface area contributed by atoms with Gasteiger partial charge in [-0.15, -0.1) is 0 Å². The van der Waals surface area contributed by atoms with Gasteiger partial charge in [0.1, 0.15) is 23.8 Å². The van der Waals surface area contributed by atoms with Crippen LogP contribution in [-0.2, 0) is 21.1 Å². The van der Waals surface area contributed by atoms with E-state index in [1.165, 1.54) is 30.9 Å². The normalized spacial score (nSPS) is 15.7. The maximum absolute atomic E-state index is 14.8. The van der Waals surface area contributed by atoms with Crippen molar-refractivity contribution in [2.24, 2.45) is 0 Å². The van der Waals surface area contributed by atoms with Crippen LogP contribution in [0, 0.1) is 11.6 Å². The van der Waals surface area contributed by atoms with E-state index in [0.29, 0.717) is 24.7 Å². The van der Waals surface area contributed by atoms with E-state index in [2.05, 4.69) is 25.3 Å². The number of rotatable bonds is 5. The number of carboxylic acid groups (broad SMARTS) is 1. The average Bonchev–Trinajstić information content (AvgIpc) is 3.34. The minimum Gasteiger partial charge on any atom is -0.475 e. The largest absolute Gasteiger partial charge is 0.490 e. The molecule has 4 heterocycles. The second kappa shape index (κ2) is 11.8. The molecule has 2 aliphatic heterocycles. The lowest BCUT2D eigenvalue weighted by Gasteiger charge is -2.32. The van der Waals surface area contributed by atoms with Crippen molar-refractivity contribution in [2.45, 2.75) is 36.4 Å². The van der Waals surface area contributed by atoms with Gasteiger partial charge in [-0.05, 0) is 37.5 Å². The zero-order chi connectivity index (χ0) is 29.9. The number of carboxylic acids is 1. The van der Waals surface area contributed by atoms with Gasteiger partial charge in [-0.1, -0.05) is 0 Å². The molecule has 1 aromatic carbocycles. The van der Waals surface area contributed by atoms with Gasteiger partial charge in [0.15, 0.2) is 15.7 Å². The molecule has 0 bridgehead atoms. The van der Waals surface area contributed by atoms with Gasteiger partial charge in [0.25, 0.3) is 0 Å². The van der Waals surface area contributed by atoms with Crippen LogP contribution in [0.4, 0.5) is 45.2 Å². The van der Waals surface area contributed by atoms with Gasteiger partial charge in [-0.25, -0.2) is 41.9 Å². The Balaban J connectivity index is 0.000000493. The number of hydrogen-bond acceptors (Lipinski definition) is 10. The molecule has 2 aliphatic rings. The summed E-state index contributed by atoms with van der Waals surface area (Å²) in [5.41, 5.74) is 1.18. The molecule has 0 spiro atoms. The van der Waals surface area contributed by atoms with Crippen molar-refractivity contribution in [3.8, 4) is 0 Å². The van der Waals surface area contributed by atoms with Gasteiger partial charge in [0.05, 0.1) is 23.0 Å². The molecule has 1 saturated heterocycles. The molecule has 11 nitrogen and oxygen atoms in total. The van der Waals surface area contributed by atoms with Crippen LogP contribution in [0.2, 0.25) is 0 Å². The molecule has 2 aromatic heterocycles. The monoisotopic (exact) mass is 601 g/mol. The lowest BCUT2D eigenvalue weighted by atomic mass is 10.0. The molecule has 0 atom stereocenters. The molecule has 0 saturated carbocycles. The maximum atomic E-state index is 14.8. The lowest BCUT2D eigenvalue weighted by molar-refractivity contribution is -0.192. The number of benzene rings is 1. The summed E-state index contributed by atoms with van der Waals surface area (Å²) in [6, 6.07) is 4.10. The van der Waals surface area contributed by atoms with Crippen LogP contribution in [0.25, 0.3) is 0 Å². The van der Waals surface area contributed by atoms with Gasteiger partial charge in [0, 0.05) is 37.5 Å². The van der Waals surface area contributed by atoms with Crippen molar-refractivity contribution in [3.05, 3.63) is 54.1 Å². The first-order chi connectivity index (χ1) is 19.2. The quantitative estimate of drug-likeness (QED) is 0.416. The van der Waals surface area contributed by atoms with Gasteiger partial charge in [-0.2, -0.15) is 13.2 Å². The van der Waals surface area contributed by atoms with Gasteiger partial charge < -0.3 is 20.2 Å². The number of aliphatic carboxylic acids is 1. The second-order valence-corrected chi connectivity index (χ2v) is 11.2. The van der Waals surface area contributed by atoms with Gasteiger partial charge >= 0.3 is 12.1 Å². The Morgan fingerprint density at radius 2 is 1.68 bits per heavy atom. The molecular formula is C24H24F5N7O4S. The highest BCUT2D eigenvalue weighted by atomic mass is 32.2. The number of anilines is 4. The molecule has 17 heteroatoms. The predicted octanol–water partition coefficient (Wildman–Crippen LogP) is 3.36. The topological polar surface area (TPSA) is 142 Å². The molecule has 220 valence electrons. The van der Waals surface area contributed by atoms with Crippen LogP contribution in [0.5, 0.6) is 0 Å². The number of alkyl halides is 3. The Hall–Kier alpha value is -4.15. The van der Waals surface area contributed by atoms with Crippen LogP contribution < -0.4 is 15.1 Å². The second-order valence-electron chi connectivity index (χ2n) is 9.22. The Morgan fingerprint density at radius 1 is 1.05 bits per heavy atom. The molecule has 3 aromatic rings. The van der Waals surface area contributed by atoms with Crippen LogP contribution >= 0.6 is 0 Å². The molecule has 0 radical (unpaired) electrons. The van der Waals surface area contributed by atoms with E-state index in [-0.39, 0.29) is 16.6 Å². The highest BCUT2D eigenvalue weighted by molar-refractivity contribution is 7.90. The summed E-state index contributed by atoms with van der Waals surface area (Å²) in [5.74, 6) is -1.98. The fourth-order valence-electron chi connectivity index (χ4n) is 4.38. The molecule has 0 aliphatic carbocycles. The molecule has 0 unspecified atom stereocenters. The van der Waals surface area contributed by atoms with Crippen LogP contribution in [0.3, 0.4) is 0 Å². The highest BCUT2D eigenvalue weighted by Gasteiger charge is 2.38. The smallest absolute Gasteiger partial charge is 0.475 e. The predicted molar refractivity (Wildman–Crippen MR) is 137 cm³/mol. The SMILES string of the molecule is CS(=O)(=O)c1ccc(N2CCc3c(NC4CCN(c5ncc(F)cn5)CC4)ncnc32)c(F)c1.O=C(O)C(F)(F)F. The molecule has 5 rings (SSSR count). The van der Waals surface area contributed by atoms with E-state index in [0.717, 1.165) is 49.6 Å². The van der Waals surface area contributed by atoms with Crippen LogP contribution in [-0.4, -0.2) is 77.5 Å². The summed E-state index contributed by atoms with van der Waals surface area (Å²) in [6.07, 6.45) is 2.03. The van der Waals surface area contributed by atoms with Crippen molar-refractivity contribution < 1.29 is 40.3 Å². The van der Waals surface area contributed by atoms with E-state index in [9.17, 15) is 30.4 Å². The van der Waals surface area contributed by atoms with Crippen molar-refractivity contribution in [3.63, 3.8) is 0 Å². The number of nitrogens with one attached hydrogen (secondary N) is 1. The summed E-state index contributed by atoms with van der Waals surface area (Å²) < 4.78 is 83.1. The van der Waals surface area contributed by atoms with Crippen molar-refractivity contribution in [1.82, 2.24) is 19.9 Å². The van der Waals surface area contributed by atoms with Crippen LogP contribution in [0.1, 0.15) is 18.4 Å². The Morgan fingerprint density at radius 3 is 2.24 bits per heavy atom. The first kappa shape index (κ1) is 29.8. The first-order valence-electron chi connectivity index (χ1n) is 12.1. The molecule has 0 amide bonds. The average molecular weight is 602 g/mol. The summed E-state index contributed by atoms with van der Waals surface area (Å²) in [6.45, 7) is 1.96. The molecule has 2 N–H and O–H groups in total. The number of carbonyl (C=O) groups is 1. The summed E-state index contributed by atoms with van der Waals surface area (Å²) in [7, 11) is -3.49. The third-order valence-electron chi connectivity index (χ3n) is 6.37. The zero-order valence-corrected chi connectivity index (χ0v) is 22.3. The van der Waals surface area contributed by atoms with Gasteiger partial charge in [0.2, 0.25) is 5.95 Å². The number of fused-ring (bicyclic) bond motifs is 1. The minimum atomic E-state index is -5.08. The van der Waals surface area contributed by atoms with E-state index in [1.807, 2.05) is 4.90 Å². The number of piperidine rings is 1. The molecule has 41 heavy (non-hydrogen) atoms. The maximum Gasteiger partial charge on any atom is 0.490 e. The Labute approximate surface area is 231 Å². The fraction of sp³-hybridized carbons (Fsp3) is 0.375. The lowest BCUT2D eigenvalue weighted by Crippen LogP contribution is -2.40. The number of halogens is 5. The van der Waals surface area contributed by atoms with E-state index < -0.39 is 33.6 Å². The van der Waals surface area contributed by atoms with E-state index in [4.69, 9.17) is 9.90 Å². The first-order valence-corrected chi connectivity index (χ1v) is 14.0. The number of sulfone groups is 1. The highest BCUT2D eigenvalue weighted by Crippen LogP contribution is 2.37. The fourth-order valence-corrected chi connectivity index (χ4v) is 5.01. The third-order valence-corrected chi connectivity index (χ3v) is 7.48. The molecule has 1 fully saturated rings. The van der Waals surface area contributed by atoms with E-state index >= 15 is 0 Å². The summed E-state index contributed by atoms with van der Waals surface area (Å²) in [4.78, 5) is 29.5. The summed E-state index contributed by atoms with van der Waals surface area (Å²) in [5, 5.41) is 10.6. The zero-order valence-electron chi connectivity index (χ0n) is 21.4. The number of hydrogen-bond donors (Lipinski definition) is 2. The number of nitrogens with zero attached hydrogens (tertiary/aromatic N) is 6. The standard InChI is InChI=1S/C22H23F2N7O2S.C2HF3O2/c1-34(32,33)16-2-3-19(18(24)10-16)31-9-6-17-20(27-13-28-21(17)31)29-15-4-7-30(8-5-15)22-25-11-14(23)12-26-22;3-2(4,5)1(6)7/h2-3,10-13,15H,4-9H2,1H3,(H,27,28,29);(H,6,7). The van der Waals surface area contributed by atoms with Crippen molar-refractivity contribution in [1.29, 1.82) is 0 Å². The van der Waals surface area contributed by atoms with Crippen LogP contribution in [0.15, 0.2) is 41.8 Å². The Kier molecular flexibility index (Phi) is 8.55. The number of aromatic nitrogens is 4. The Bertz CT molecular complexity index is 1520. The van der Waals surface area contributed by atoms with Crippen molar-refractivity contribution >= 4 is 39.1 Å².